The monoisotopic (exact) mass is 392 g/mol. The number of aromatic nitrogens is 1. The summed E-state index contributed by atoms with van der Waals surface area (Å²) in [6.07, 6.45) is 6.31. The second kappa shape index (κ2) is 5.95. The first kappa shape index (κ1) is 17.3. The average molecular weight is 392 g/mol. The van der Waals surface area contributed by atoms with Crippen LogP contribution >= 0.6 is 0 Å². The van der Waals surface area contributed by atoms with E-state index in [4.69, 9.17) is 9.47 Å². The van der Waals surface area contributed by atoms with E-state index in [-0.39, 0.29) is 29.3 Å². The molecule has 1 aromatic heterocycles. The van der Waals surface area contributed by atoms with Gasteiger partial charge in [-0.1, -0.05) is 6.07 Å². The molecule has 0 radical (unpaired) electrons. The molecule has 1 spiro atoms. The van der Waals surface area contributed by atoms with Gasteiger partial charge in [0.1, 0.15) is 12.2 Å². The van der Waals surface area contributed by atoms with E-state index < -0.39 is 0 Å². The van der Waals surface area contributed by atoms with Gasteiger partial charge in [0.15, 0.2) is 11.5 Å². The van der Waals surface area contributed by atoms with Crippen LogP contribution in [-0.4, -0.2) is 52.8 Å². The number of aromatic hydroxyl groups is 1. The second-order valence-corrected chi connectivity index (χ2v) is 8.90. The number of ether oxygens (including phenoxy) is 2. The van der Waals surface area contributed by atoms with E-state index in [1.54, 1.807) is 24.4 Å². The van der Waals surface area contributed by atoms with Gasteiger partial charge < -0.3 is 19.5 Å². The fourth-order valence-corrected chi connectivity index (χ4v) is 6.50. The molecule has 4 aliphatic rings. The first-order valence-corrected chi connectivity index (χ1v) is 10.4. The number of benzene rings is 1. The minimum Gasteiger partial charge on any atom is -0.504 e. The smallest absolute Gasteiger partial charge is 0.340 e. The number of rotatable bonds is 2. The maximum atomic E-state index is 12.8. The van der Waals surface area contributed by atoms with E-state index >= 15 is 0 Å². The molecule has 6 nitrogen and oxygen atoms in total. The maximum absolute atomic E-state index is 12.8. The van der Waals surface area contributed by atoms with Crippen LogP contribution in [0.3, 0.4) is 0 Å². The summed E-state index contributed by atoms with van der Waals surface area (Å²) in [6.45, 7) is 0.985. The van der Waals surface area contributed by atoms with Gasteiger partial charge >= 0.3 is 5.97 Å². The van der Waals surface area contributed by atoms with Crippen LogP contribution in [0, 0.1) is 5.92 Å². The zero-order valence-electron chi connectivity index (χ0n) is 16.4. The van der Waals surface area contributed by atoms with Gasteiger partial charge in [-0.25, -0.2) is 4.79 Å². The SMILES string of the molecule is CN1CC[C@]23c4c5ccc(O)c4O[C@H]2[C@@H](OC(=O)c2cccnc2)CC[C@H]3[C@H]1C5. The molecule has 1 aromatic carbocycles. The number of carbonyl (C=O) groups is 1. The fraction of sp³-hybridized carbons (Fsp3) is 0.478. The van der Waals surface area contributed by atoms with E-state index in [2.05, 4.69) is 23.0 Å². The molecule has 6 rings (SSSR count). The van der Waals surface area contributed by atoms with Crippen molar-refractivity contribution in [1.29, 1.82) is 0 Å². The summed E-state index contributed by atoms with van der Waals surface area (Å²) >= 11 is 0. The number of piperidine rings is 1. The molecule has 29 heavy (non-hydrogen) atoms. The molecule has 3 heterocycles. The largest absolute Gasteiger partial charge is 0.504 e. The number of carbonyl (C=O) groups excluding carboxylic acids is 1. The lowest BCUT2D eigenvalue weighted by molar-refractivity contribution is -0.105. The van der Waals surface area contributed by atoms with E-state index in [0.29, 0.717) is 23.3 Å². The molecule has 0 unspecified atom stereocenters. The predicted octanol–water partition coefficient (Wildman–Crippen LogP) is 2.68. The second-order valence-electron chi connectivity index (χ2n) is 8.90. The Morgan fingerprint density at radius 1 is 1.34 bits per heavy atom. The Bertz CT molecular complexity index is 994. The number of phenolic OH excluding ortho intramolecular Hbond substituents is 1. The van der Waals surface area contributed by atoms with Crippen LogP contribution in [0.25, 0.3) is 0 Å². The number of phenols is 1. The molecule has 2 aromatic rings. The Morgan fingerprint density at radius 3 is 3.07 bits per heavy atom. The van der Waals surface area contributed by atoms with Crippen molar-refractivity contribution in [3.05, 3.63) is 53.3 Å². The summed E-state index contributed by atoms with van der Waals surface area (Å²) in [5.41, 5.74) is 2.72. The Morgan fingerprint density at radius 2 is 2.24 bits per heavy atom. The molecule has 2 aliphatic heterocycles. The van der Waals surface area contributed by atoms with Crippen LogP contribution in [0.1, 0.15) is 40.7 Å². The van der Waals surface area contributed by atoms with Crippen molar-refractivity contribution in [2.75, 3.05) is 13.6 Å². The van der Waals surface area contributed by atoms with Crippen molar-refractivity contribution >= 4 is 5.97 Å². The van der Waals surface area contributed by atoms with E-state index in [1.165, 1.54) is 17.3 Å². The minimum absolute atomic E-state index is 0.184. The zero-order valence-corrected chi connectivity index (χ0v) is 16.4. The van der Waals surface area contributed by atoms with Crippen molar-refractivity contribution in [2.24, 2.45) is 5.92 Å². The van der Waals surface area contributed by atoms with Crippen LogP contribution in [-0.2, 0) is 16.6 Å². The number of hydrogen-bond donors (Lipinski definition) is 1. The van der Waals surface area contributed by atoms with Crippen molar-refractivity contribution in [3.63, 3.8) is 0 Å². The maximum Gasteiger partial charge on any atom is 0.340 e. The summed E-state index contributed by atoms with van der Waals surface area (Å²) in [5, 5.41) is 10.6. The highest BCUT2D eigenvalue weighted by Crippen LogP contribution is 2.63. The molecular formula is C23H24N2O4. The standard InChI is InChI=1S/C23H24N2O4/c1-25-10-8-23-15-5-7-18(28-22(27)14-3-2-9-24-12-14)21(23)29-20-17(26)6-4-13(19(20)23)11-16(15)25/h2-4,6,9,12,15-16,18,21,26H,5,7-8,10-11H2,1H3/t15-,16+,18-,21-,23-/m0/s1. The normalized spacial score (nSPS) is 34.2. The first-order valence-electron chi connectivity index (χ1n) is 10.4. The van der Waals surface area contributed by atoms with E-state index in [0.717, 1.165) is 32.2 Å². The van der Waals surface area contributed by atoms with Crippen molar-refractivity contribution < 1.29 is 19.4 Å². The number of likely N-dealkylation sites (N-methyl/N-ethyl adjacent to an activating group) is 1. The van der Waals surface area contributed by atoms with E-state index in [9.17, 15) is 9.90 Å². The molecule has 6 heteroatoms. The van der Waals surface area contributed by atoms with Crippen LogP contribution in [0.2, 0.25) is 0 Å². The summed E-state index contributed by atoms with van der Waals surface area (Å²) in [4.78, 5) is 19.3. The summed E-state index contributed by atoms with van der Waals surface area (Å²) in [5.74, 6) is 0.906. The molecule has 1 saturated carbocycles. The van der Waals surface area contributed by atoms with Gasteiger partial charge in [0.05, 0.1) is 5.56 Å². The Kier molecular flexibility index (Phi) is 3.55. The van der Waals surface area contributed by atoms with Crippen LogP contribution in [0.5, 0.6) is 11.5 Å². The zero-order chi connectivity index (χ0) is 19.8. The van der Waals surface area contributed by atoms with Crippen molar-refractivity contribution in [1.82, 2.24) is 9.88 Å². The Hall–Kier alpha value is -2.60. The Balaban J connectivity index is 1.42. The predicted molar refractivity (Wildman–Crippen MR) is 105 cm³/mol. The molecule has 2 aliphatic carbocycles. The summed E-state index contributed by atoms with van der Waals surface area (Å²) < 4.78 is 12.4. The highest BCUT2D eigenvalue weighted by atomic mass is 16.6. The van der Waals surface area contributed by atoms with Gasteiger partial charge in [-0.2, -0.15) is 0 Å². The third-order valence-electron chi connectivity index (χ3n) is 7.70. The van der Waals surface area contributed by atoms with Crippen LogP contribution in [0.4, 0.5) is 0 Å². The summed E-state index contributed by atoms with van der Waals surface area (Å²) in [6, 6.07) is 7.72. The summed E-state index contributed by atoms with van der Waals surface area (Å²) in [7, 11) is 2.21. The van der Waals surface area contributed by atoms with Crippen molar-refractivity contribution in [3.8, 4) is 11.5 Å². The fourth-order valence-electron chi connectivity index (χ4n) is 6.50. The molecule has 1 N–H and O–H groups in total. The van der Waals surface area contributed by atoms with Gasteiger partial charge in [-0.05, 0) is 69.0 Å². The highest BCUT2D eigenvalue weighted by molar-refractivity contribution is 5.89. The molecule has 5 atom stereocenters. The average Bonchev–Trinajstić information content (AvgIpc) is 3.10. The minimum atomic E-state index is -0.359. The number of esters is 1. The quantitative estimate of drug-likeness (QED) is 0.793. The molecule has 150 valence electrons. The lowest BCUT2D eigenvalue weighted by atomic mass is 9.51. The first-order chi connectivity index (χ1) is 14.1. The van der Waals surface area contributed by atoms with Crippen molar-refractivity contribution in [2.45, 2.75) is 49.3 Å². The topological polar surface area (TPSA) is 71.9 Å². The van der Waals surface area contributed by atoms with Crippen LogP contribution in [0.15, 0.2) is 36.7 Å². The third kappa shape index (κ3) is 2.21. The van der Waals surface area contributed by atoms with Crippen LogP contribution < -0.4 is 4.74 Å². The van der Waals surface area contributed by atoms with Gasteiger partial charge in [0, 0.05) is 29.4 Å². The Labute approximate surface area is 169 Å². The molecule has 0 amide bonds. The number of hydrogen-bond acceptors (Lipinski definition) is 6. The molecular weight excluding hydrogens is 368 g/mol. The highest BCUT2D eigenvalue weighted by Gasteiger charge is 2.66. The van der Waals surface area contributed by atoms with Gasteiger partial charge in [-0.3, -0.25) is 4.98 Å². The third-order valence-corrected chi connectivity index (χ3v) is 7.70. The lowest BCUT2D eigenvalue weighted by Gasteiger charge is -2.58. The molecule has 2 bridgehead atoms. The number of pyridine rings is 1. The lowest BCUT2D eigenvalue weighted by Crippen LogP contribution is -2.66. The number of likely N-dealkylation sites (tertiary alicyclic amines) is 1. The van der Waals surface area contributed by atoms with Gasteiger partial charge in [0.25, 0.3) is 0 Å². The van der Waals surface area contributed by atoms with Gasteiger partial charge in [-0.15, -0.1) is 0 Å². The molecule has 2 fully saturated rings. The molecule has 1 saturated heterocycles. The van der Waals surface area contributed by atoms with E-state index in [1.807, 2.05) is 0 Å². The van der Waals surface area contributed by atoms with Gasteiger partial charge in [0.2, 0.25) is 0 Å². The number of nitrogens with zero attached hydrogens (tertiary/aromatic N) is 2.